The van der Waals surface area contributed by atoms with Gasteiger partial charge in [0.2, 0.25) is 0 Å². The second-order valence-electron chi connectivity index (χ2n) is 4.97. The summed E-state index contributed by atoms with van der Waals surface area (Å²) in [6.07, 6.45) is 4.56. The molecule has 0 unspecified atom stereocenters. The van der Waals surface area contributed by atoms with Gasteiger partial charge in [-0.15, -0.1) is 0 Å². The van der Waals surface area contributed by atoms with Crippen molar-refractivity contribution in [3.63, 3.8) is 0 Å². The van der Waals surface area contributed by atoms with E-state index in [9.17, 15) is 9.18 Å². The molecular weight excluding hydrogens is 321 g/mol. The molecule has 2 aromatic heterocycles. The van der Waals surface area contributed by atoms with Crippen LogP contribution in [0.3, 0.4) is 0 Å². The van der Waals surface area contributed by atoms with E-state index in [-0.39, 0.29) is 29.1 Å². The first-order valence-electron chi connectivity index (χ1n) is 6.79. The summed E-state index contributed by atoms with van der Waals surface area (Å²) in [4.78, 5) is 12.1. The summed E-state index contributed by atoms with van der Waals surface area (Å²) in [5.41, 5.74) is 0.879. The number of aryl methyl sites for hydroxylation is 1. The molecule has 0 aliphatic heterocycles. The van der Waals surface area contributed by atoms with Crippen LogP contribution in [0.1, 0.15) is 15.9 Å². The highest BCUT2D eigenvalue weighted by Crippen LogP contribution is 2.21. The molecule has 2 heterocycles. The highest BCUT2D eigenvalue weighted by molar-refractivity contribution is 6.33. The number of amides is 1. The Morgan fingerprint density at radius 1 is 1.35 bits per heavy atom. The Labute approximate surface area is 136 Å². The average molecular weight is 334 g/mol. The molecule has 0 saturated carbocycles. The topological polar surface area (TPSA) is 64.7 Å². The van der Waals surface area contributed by atoms with Gasteiger partial charge in [-0.2, -0.15) is 10.2 Å². The van der Waals surface area contributed by atoms with Crippen LogP contribution in [0.4, 0.5) is 10.2 Å². The average Bonchev–Trinajstić information content (AvgIpc) is 3.08. The van der Waals surface area contributed by atoms with Gasteiger partial charge in [-0.05, 0) is 6.07 Å². The number of halogens is 2. The zero-order valence-corrected chi connectivity index (χ0v) is 13.0. The molecule has 23 heavy (non-hydrogen) atoms. The standard InChI is InChI=1S/C15H13ClFN5O/c1-21-7-11(6-18-21)15(23)19-14-12(16)9-22(20-14)8-10-4-2-3-5-13(10)17/h2-7,9H,8H2,1H3,(H,19,20,23). The maximum atomic E-state index is 13.7. The monoisotopic (exact) mass is 333 g/mol. The van der Waals surface area contributed by atoms with E-state index in [1.807, 2.05) is 0 Å². The fourth-order valence-electron chi connectivity index (χ4n) is 2.08. The van der Waals surface area contributed by atoms with Gasteiger partial charge >= 0.3 is 0 Å². The van der Waals surface area contributed by atoms with E-state index in [0.29, 0.717) is 11.1 Å². The molecule has 0 radical (unpaired) electrons. The molecule has 6 nitrogen and oxygen atoms in total. The molecule has 0 aliphatic carbocycles. The molecule has 0 saturated heterocycles. The Hall–Kier alpha value is -2.67. The summed E-state index contributed by atoms with van der Waals surface area (Å²) in [5, 5.41) is 11.0. The van der Waals surface area contributed by atoms with Gasteiger partial charge in [0.15, 0.2) is 5.82 Å². The van der Waals surface area contributed by atoms with Gasteiger partial charge in [0.1, 0.15) is 10.8 Å². The van der Waals surface area contributed by atoms with Crippen LogP contribution in [0, 0.1) is 5.82 Å². The van der Waals surface area contributed by atoms with E-state index in [0.717, 1.165) is 0 Å². The minimum atomic E-state index is -0.365. The van der Waals surface area contributed by atoms with Crippen molar-refractivity contribution in [1.82, 2.24) is 19.6 Å². The quantitative estimate of drug-likeness (QED) is 0.798. The summed E-state index contributed by atoms with van der Waals surface area (Å²) < 4.78 is 16.7. The summed E-state index contributed by atoms with van der Waals surface area (Å²) in [7, 11) is 1.72. The van der Waals surface area contributed by atoms with Crippen molar-refractivity contribution in [2.24, 2.45) is 7.05 Å². The normalized spacial score (nSPS) is 10.7. The van der Waals surface area contributed by atoms with Crippen LogP contribution in [0.2, 0.25) is 5.02 Å². The number of anilines is 1. The highest BCUT2D eigenvalue weighted by atomic mass is 35.5. The zero-order valence-electron chi connectivity index (χ0n) is 12.2. The predicted molar refractivity (Wildman–Crippen MR) is 83.9 cm³/mol. The molecule has 0 aliphatic rings. The molecule has 3 rings (SSSR count). The number of nitrogens with zero attached hydrogens (tertiary/aromatic N) is 4. The van der Waals surface area contributed by atoms with Crippen molar-refractivity contribution in [3.05, 3.63) is 64.8 Å². The Balaban J connectivity index is 1.76. The number of rotatable bonds is 4. The van der Waals surface area contributed by atoms with Gasteiger partial charge in [0.05, 0.1) is 18.3 Å². The SMILES string of the molecule is Cn1cc(C(=O)Nc2nn(Cc3ccccc3F)cc2Cl)cn1. The molecule has 118 valence electrons. The van der Waals surface area contributed by atoms with Crippen LogP contribution in [-0.4, -0.2) is 25.5 Å². The summed E-state index contributed by atoms with van der Waals surface area (Å²) in [6.45, 7) is 0.217. The molecule has 0 bridgehead atoms. The zero-order chi connectivity index (χ0) is 16.4. The fourth-order valence-corrected chi connectivity index (χ4v) is 2.28. The molecule has 0 fully saturated rings. The van der Waals surface area contributed by atoms with Gasteiger partial charge in [0, 0.05) is 25.0 Å². The maximum absolute atomic E-state index is 13.7. The predicted octanol–water partition coefficient (Wildman–Crippen LogP) is 2.71. The van der Waals surface area contributed by atoms with E-state index < -0.39 is 0 Å². The van der Waals surface area contributed by atoms with Crippen LogP contribution in [0.25, 0.3) is 0 Å². The van der Waals surface area contributed by atoms with Crippen molar-refractivity contribution in [1.29, 1.82) is 0 Å². The van der Waals surface area contributed by atoms with Crippen LogP contribution >= 0.6 is 11.6 Å². The molecule has 0 spiro atoms. The summed E-state index contributed by atoms with van der Waals surface area (Å²) in [5.74, 6) is -0.465. The molecule has 8 heteroatoms. The lowest BCUT2D eigenvalue weighted by molar-refractivity contribution is 0.102. The molecule has 1 N–H and O–H groups in total. The first-order valence-corrected chi connectivity index (χ1v) is 7.17. The summed E-state index contributed by atoms with van der Waals surface area (Å²) in [6, 6.07) is 6.41. The maximum Gasteiger partial charge on any atom is 0.260 e. The first kappa shape index (κ1) is 15.2. The lowest BCUT2D eigenvalue weighted by Crippen LogP contribution is -2.12. The van der Waals surface area contributed by atoms with Gasteiger partial charge in [-0.3, -0.25) is 14.2 Å². The number of nitrogens with one attached hydrogen (secondary N) is 1. The number of carbonyl (C=O) groups is 1. The number of benzene rings is 1. The highest BCUT2D eigenvalue weighted by Gasteiger charge is 2.14. The Kier molecular flexibility index (Phi) is 4.12. The third kappa shape index (κ3) is 3.40. The van der Waals surface area contributed by atoms with E-state index in [1.54, 1.807) is 31.4 Å². The van der Waals surface area contributed by atoms with Crippen molar-refractivity contribution in [3.8, 4) is 0 Å². The smallest absolute Gasteiger partial charge is 0.260 e. The van der Waals surface area contributed by atoms with E-state index in [4.69, 9.17) is 11.6 Å². The van der Waals surface area contributed by atoms with Gasteiger partial charge in [-0.25, -0.2) is 4.39 Å². The van der Waals surface area contributed by atoms with Gasteiger partial charge in [-0.1, -0.05) is 29.8 Å². The number of aromatic nitrogens is 4. The largest absolute Gasteiger partial charge is 0.304 e. The van der Waals surface area contributed by atoms with Crippen LogP contribution in [0.15, 0.2) is 42.9 Å². The Morgan fingerprint density at radius 3 is 2.83 bits per heavy atom. The van der Waals surface area contributed by atoms with E-state index in [1.165, 1.54) is 27.8 Å². The minimum Gasteiger partial charge on any atom is -0.304 e. The van der Waals surface area contributed by atoms with Gasteiger partial charge in [0.25, 0.3) is 5.91 Å². The van der Waals surface area contributed by atoms with Crippen molar-refractivity contribution in [2.45, 2.75) is 6.54 Å². The van der Waals surface area contributed by atoms with Crippen LogP contribution < -0.4 is 5.32 Å². The van der Waals surface area contributed by atoms with Gasteiger partial charge < -0.3 is 5.32 Å². The lowest BCUT2D eigenvalue weighted by Gasteiger charge is -2.03. The Bertz CT molecular complexity index is 857. The van der Waals surface area contributed by atoms with Crippen molar-refractivity contribution >= 4 is 23.3 Å². The van der Waals surface area contributed by atoms with E-state index in [2.05, 4.69) is 15.5 Å². The third-order valence-electron chi connectivity index (χ3n) is 3.21. The molecular formula is C15H13ClFN5O. The molecule has 1 amide bonds. The van der Waals surface area contributed by atoms with Crippen LogP contribution in [0.5, 0.6) is 0 Å². The lowest BCUT2D eigenvalue weighted by atomic mass is 10.2. The minimum absolute atomic E-state index is 0.217. The molecule has 3 aromatic rings. The molecule has 0 atom stereocenters. The first-order chi connectivity index (χ1) is 11.0. The third-order valence-corrected chi connectivity index (χ3v) is 3.48. The fraction of sp³-hybridized carbons (Fsp3) is 0.133. The number of carbonyl (C=O) groups excluding carboxylic acids is 1. The van der Waals surface area contributed by atoms with E-state index >= 15 is 0 Å². The van der Waals surface area contributed by atoms with Crippen molar-refractivity contribution < 1.29 is 9.18 Å². The number of hydrogen-bond donors (Lipinski definition) is 1. The van der Waals surface area contributed by atoms with Crippen LogP contribution in [-0.2, 0) is 13.6 Å². The molecule has 1 aromatic carbocycles. The second-order valence-corrected chi connectivity index (χ2v) is 5.38. The Morgan fingerprint density at radius 2 is 2.13 bits per heavy atom. The van der Waals surface area contributed by atoms with Crippen molar-refractivity contribution in [2.75, 3.05) is 5.32 Å². The number of hydrogen-bond acceptors (Lipinski definition) is 3. The second kappa shape index (κ2) is 6.21. The summed E-state index contributed by atoms with van der Waals surface area (Å²) >= 11 is 6.08.